The van der Waals surface area contributed by atoms with Gasteiger partial charge in [0.1, 0.15) is 0 Å². The summed E-state index contributed by atoms with van der Waals surface area (Å²) in [5.41, 5.74) is 3.07. The second kappa shape index (κ2) is 7.34. The lowest BCUT2D eigenvalue weighted by molar-refractivity contribution is 0.102. The minimum Gasteiger partial charge on any atom is -0.341 e. The number of nitrogens with zero attached hydrogens (tertiary/aromatic N) is 5. The standard InChI is InChI=1S/C20H24N6O/c1-3-25-13-23-17-9-16(6-7-18(17)25)24-19(27)15-10-21-20(22-11-15)26-8-4-5-14(2)12-26/h6-7,9-11,13-14H,3-5,8,12H2,1-2H3,(H,24,27)/t14-/m0/s1. The Bertz CT molecular complexity index is 949. The molecule has 3 heterocycles. The third-order valence-corrected chi connectivity index (χ3v) is 5.06. The fraction of sp³-hybridized carbons (Fsp3) is 0.400. The van der Waals surface area contributed by atoms with Gasteiger partial charge in [0, 0.05) is 37.7 Å². The number of aromatic nitrogens is 4. The van der Waals surface area contributed by atoms with Crippen LogP contribution >= 0.6 is 0 Å². The number of benzene rings is 1. The van der Waals surface area contributed by atoms with Crippen LogP contribution in [0.15, 0.2) is 36.9 Å². The molecule has 1 atom stereocenters. The van der Waals surface area contributed by atoms with Gasteiger partial charge in [0.2, 0.25) is 5.95 Å². The smallest absolute Gasteiger partial charge is 0.258 e. The summed E-state index contributed by atoms with van der Waals surface area (Å²) in [6.07, 6.45) is 7.41. The van der Waals surface area contributed by atoms with Crippen molar-refractivity contribution in [1.29, 1.82) is 0 Å². The predicted octanol–water partition coefficient (Wildman–Crippen LogP) is 3.33. The van der Waals surface area contributed by atoms with E-state index in [1.165, 1.54) is 6.42 Å². The summed E-state index contributed by atoms with van der Waals surface area (Å²) in [5, 5.41) is 2.90. The van der Waals surface area contributed by atoms with Gasteiger partial charge in [-0.05, 0) is 43.9 Å². The molecule has 2 aromatic heterocycles. The number of piperidine rings is 1. The number of carbonyl (C=O) groups is 1. The molecule has 7 nitrogen and oxygen atoms in total. The first-order valence-electron chi connectivity index (χ1n) is 9.47. The number of fused-ring (bicyclic) bond motifs is 1. The first kappa shape index (κ1) is 17.5. The highest BCUT2D eigenvalue weighted by atomic mass is 16.1. The zero-order valence-corrected chi connectivity index (χ0v) is 15.7. The van der Waals surface area contributed by atoms with Gasteiger partial charge in [-0.3, -0.25) is 4.79 Å². The summed E-state index contributed by atoms with van der Waals surface area (Å²) in [6, 6.07) is 5.74. The minimum absolute atomic E-state index is 0.220. The van der Waals surface area contributed by atoms with Crippen LogP contribution in [0.1, 0.15) is 37.0 Å². The average Bonchev–Trinajstić information content (AvgIpc) is 3.10. The topological polar surface area (TPSA) is 75.9 Å². The van der Waals surface area contributed by atoms with E-state index >= 15 is 0 Å². The molecule has 1 aromatic carbocycles. The van der Waals surface area contributed by atoms with E-state index in [4.69, 9.17) is 0 Å². The van der Waals surface area contributed by atoms with Crippen molar-refractivity contribution in [3.8, 4) is 0 Å². The normalized spacial score (nSPS) is 17.3. The van der Waals surface area contributed by atoms with Crippen molar-refractivity contribution in [3.63, 3.8) is 0 Å². The number of aryl methyl sites for hydroxylation is 1. The van der Waals surface area contributed by atoms with Gasteiger partial charge in [0.25, 0.3) is 5.91 Å². The average molecular weight is 364 g/mol. The van der Waals surface area contributed by atoms with Gasteiger partial charge in [-0.25, -0.2) is 15.0 Å². The Balaban J connectivity index is 1.46. The zero-order chi connectivity index (χ0) is 18.8. The van der Waals surface area contributed by atoms with Crippen LogP contribution in [0, 0.1) is 5.92 Å². The molecular formula is C20H24N6O. The molecule has 0 radical (unpaired) electrons. The number of anilines is 2. The monoisotopic (exact) mass is 364 g/mol. The molecule has 27 heavy (non-hydrogen) atoms. The van der Waals surface area contributed by atoms with E-state index in [0.29, 0.717) is 23.1 Å². The molecule has 1 amide bonds. The zero-order valence-electron chi connectivity index (χ0n) is 15.7. The van der Waals surface area contributed by atoms with Gasteiger partial charge in [-0.15, -0.1) is 0 Å². The maximum Gasteiger partial charge on any atom is 0.258 e. The Morgan fingerprint density at radius 2 is 2.07 bits per heavy atom. The number of hydrogen-bond donors (Lipinski definition) is 1. The molecule has 1 aliphatic rings. The Morgan fingerprint density at radius 3 is 2.81 bits per heavy atom. The number of carbonyl (C=O) groups excluding carboxylic acids is 1. The maximum atomic E-state index is 12.5. The van der Waals surface area contributed by atoms with Gasteiger partial charge in [0.15, 0.2) is 0 Å². The van der Waals surface area contributed by atoms with E-state index in [9.17, 15) is 4.79 Å². The summed E-state index contributed by atoms with van der Waals surface area (Å²) in [4.78, 5) is 27.9. The van der Waals surface area contributed by atoms with Crippen molar-refractivity contribution in [1.82, 2.24) is 19.5 Å². The first-order valence-corrected chi connectivity index (χ1v) is 9.47. The van der Waals surface area contributed by atoms with Crippen molar-refractivity contribution >= 4 is 28.6 Å². The Morgan fingerprint density at radius 1 is 1.26 bits per heavy atom. The van der Waals surface area contributed by atoms with Crippen molar-refractivity contribution in [2.24, 2.45) is 5.92 Å². The SMILES string of the molecule is CCn1cnc2cc(NC(=O)c3cnc(N4CCC[C@H](C)C4)nc3)ccc21. The van der Waals surface area contributed by atoms with Gasteiger partial charge in [0.05, 0.1) is 22.9 Å². The molecule has 1 N–H and O–H groups in total. The van der Waals surface area contributed by atoms with Crippen LogP contribution in [-0.2, 0) is 6.54 Å². The fourth-order valence-corrected chi connectivity index (χ4v) is 3.57. The highest BCUT2D eigenvalue weighted by molar-refractivity contribution is 6.04. The molecule has 1 aliphatic heterocycles. The molecule has 0 spiro atoms. The summed E-state index contributed by atoms with van der Waals surface area (Å²) >= 11 is 0. The molecule has 3 aromatic rings. The fourth-order valence-electron chi connectivity index (χ4n) is 3.57. The van der Waals surface area contributed by atoms with Crippen LogP contribution in [0.25, 0.3) is 11.0 Å². The van der Waals surface area contributed by atoms with Crippen LogP contribution in [0.3, 0.4) is 0 Å². The molecule has 0 unspecified atom stereocenters. The van der Waals surface area contributed by atoms with Crippen LogP contribution in [0.4, 0.5) is 11.6 Å². The lowest BCUT2D eigenvalue weighted by Crippen LogP contribution is -2.35. The summed E-state index contributed by atoms with van der Waals surface area (Å²) in [6.45, 7) is 7.12. The Labute approximate surface area is 158 Å². The highest BCUT2D eigenvalue weighted by Crippen LogP contribution is 2.21. The van der Waals surface area contributed by atoms with Crippen LogP contribution in [0.2, 0.25) is 0 Å². The van der Waals surface area contributed by atoms with Gasteiger partial charge in [-0.1, -0.05) is 6.92 Å². The highest BCUT2D eigenvalue weighted by Gasteiger charge is 2.19. The van der Waals surface area contributed by atoms with Gasteiger partial charge < -0.3 is 14.8 Å². The number of hydrogen-bond acceptors (Lipinski definition) is 5. The minimum atomic E-state index is -0.220. The van der Waals surface area contributed by atoms with E-state index in [0.717, 1.165) is 37.1 Å². The molecule has 7 heteroatoms. The molecular weight excluding hydrogens is 340 g/mol. The van der Waals surface area contributed by atoms with Gasteiger partial charge in [-0.2, -0.15) is 0 Å². The van der Waals surface area contributed by atoms with Crippen molar-refractivity contribution in [2.45, 2.75) is 33.2 Å². The van der Waals surface area contributed by atoms with Crippen molar-refractivity contribution in [2.75, 3.05) is 23.3 Å². The molecule has 140 valence electrons. The van der Waals surface area contributed by atoms with Crippen molar-refractivity contribution < 1.29 is 4.79 Å². The molecule has 0 aliphatic carbocycles. The largest absolute Gasteiger partial charge is 0.341 e. The second-order valence-corrected chi connectivity index (χ2v) is 7.15. The molecule has 4 rings (SSSR count). The lowest BCUT2D eigenvalue weighted by Gasteiger charge is -2.30. The van der Waals surface area contributed by atoms with Crippen molar-refractivity contribution in [3.05, 3.63) is 42.5 Å². The Hall–Kier alpha value is -2.96. The van der Waals surface area contributed by atoms with Crippen LogP contribution in [0.5, 0.6) is 0 Å². The van der Waals surface area contributed by atoms with E-state index in [1.54, 1.807) is 12.4 Å². The van der Waals surface area contributed by atoms with E-state index < -0.39 is 0 Å². The maximum absolute atomic E-state index is 12.5. The third kappa shape index (κ3) is 3.63. The van der Waals surface area contributed by atoms with E-state index in [1.807, 2.05) is 24.5 Å². The molecule has 1 fully saturated rings. The Kier molecular flexibility index (Phi) is 4.75. The van der Waals surface area contributed by atoms with Crippen LogP contribution in [-0.4, -0.2) is 38.5 Å². The predicted molar refractivity (Wildman–Crippen MR) is 106 cm³/mol. The van der Waals surface area contributed by atoms with Crippen LogP contribution < -0.4 is 10.2 Å². The molecule has 0 saturated carbocycles. The van der Waals surface area contributed by atoms with Gasteiger partial charge >= 0.3 is 0 Å². The number of imidazole rings is 1. The molecule has 1 saturated heterocycles. The first-order chi connectivity index (χ1) is 13.1. The quantitative estimate of drug-likeness (QED) is 0.768. The van der Waals surface area contributed by atoms with E-state index in [-0.39, 0.29) is 5.91 Å². The molecule has 0 bridgehead atoms. The number of nitrogens with one attached hydrogen (secondary N) is 1. The number of amides is 1. The summed E-state index contributed by atoms with van der Waals surface area (Å²) in [5.74, 6) is 1.13. The second-order valence-electron chi connectivity index (χ2n) is 7.15. The number of rotatable bonds is 4. The third-order valence-electron chi connectivity index (χ3n) is 5.06. The van der Waals surface area contributed by atoms with E-state index in [2.05, 4.69) is 43.6 Å². The lowest BCUT2D eigenvalue weighted by atomic mass is 10.0. The summed E-state index contributed by atoms with van der Waals surface area (Å²) < 4.78 is 2.06. The summed E-state index contributed by atoms with van der Waals surface area (Å²) in [7, 11) is 0.